The van der Waals surface area contributed by atoms with Crippen molar-refractivity contribution in [1.82, 2.24) is 15.2 Å². The Morgan fingerprint density at radius 3 is 2.88 bits per heavy atom. The number of hydrogen-bond donors (Lipinski definition) is 1. The zero-order valence-electron chi connectivity index (χ0n) is 14.6. The van der Waals surface area contributed by atoms with E-state index >= 15 is 0 Å². The first-order valence-corrected chi connectivity index (χ1v) is 8.69. The second kappa shape index (κ2) is 9.23. The van der Waals surface area contributed by atoms with Gasteiger partial charge in [0.25, 0.3) is 0 Å². The van der Waals surface area contributed by atoms with Gasteiger partial charge in [-0.15, -0.1) is 35.3 Å². The Morgan fingerprint density at radius 1 is 1.36 bits per heavy atom. The van der Waals surface area contributed by atoms with Gasteiger partial charge in [0.05, 0.1) is 5.01 Å². The number of halogens is 1. The Balaban J connectivity index is 0.00000225. The maximum atomic E-state index is 5.43. The van der Waals surface area contributed by atoms with Crippen molar-refractivity contribution in [1.29, 1.82) is 0 Å². The number of nitrogens with zero attached hydrogens (tertiary/aromatic N) is 3. The fourth-order valence-electron chi connectivity index (χ4n) is 2.57. The maximum Gasteiger partial charge on any atom is 0.231 e. The van der Waals surface area contributed by atoms with Gasteiger partial charge in [-0.25, -0.2) is 4.98 Å². The van der Waals surface area contributed by atoms with E-state index in [1.54, 1.807) is 18.4 Å². The monoisotopic (exact) mass is 474 g/mol. The molecule has 0 spiro atoms. The summed E-state index contributed by atoms with van der Waals surface area (Å²) in [5, 5.41) is 4.53. The second-order valence-corrected chi connectivity index (χ2v) is 6.95. The SMILES string of the molecule is CN=C(NCCc1ncc(C)s1)N(C)Cc1ccc2c(c1)OCO2.I. The highest BCUT2D eigenvalue weighted by Gasteiger charge is 2.14. The van der Waals surface area contributed by atoms with Gasteiger partial charge in [0.2, 0.25) is 6.79 Å². The van der Waals surface area contributed by atoms with Gasteiger partial charge < -0.3 is 19.7 Å². The van der Waals surface area contributed by atoms with Gasteiger partial charge in [0, 0.05) is 44.7 Å². The van der Waals surface area contributed by atoms with Gasteiger partial charge in [0.1, 0.15) is 0 Å². The van der Waals surface area contributed by atoms with Crippen LogP contribution in [0.4, 0.5) is 0 Å². The number of ether oxygens (including phenoxy) is 2. The highest BCUT2D eigenvalue weighted by molar-refractivity contribution is 14.0. The summed E-state index contributed by atoms with van der Waals surface area (Å²) in [7, 11) is 3.82. The molecule has 0 saturated heterocycles. The van der Waals surface area contributed by atoms with Gasteiger partial charge in [-0.1, -0.05) is 6.07 Å². The summed E-state index contributed by atoms with van der Waals surface area (Å²) in [5.74, 6) is 2.48. The second-order valence-electron chi connectivity index (χ2n) is 5.63. The van der Waals surface area contributed by atoms with Gasteiger partial charge in [-0.3, -0.25) is 4.99 Å². The molecule has 1 N–H and O–H groups in total. The average Bonchev–Trinajstić information content (AvgIpc) is 3.19. The molecule has 3 rings (SSSR count). The van der Waals surface area contributed by atoms with Gasteiger partial charge in [0.15, 0.2) is 17.5 Å². The molecule has 0 amide bonds. The van der Waals surface area contributed by atoms with Crippen molar-refractivity contribution < 1.29 is 9.47 Å². The Kier molecular flexibility index (Phi) is 7.30. The van der Waals surface area contributed by atoms with E-state index in [2.05, 4.69) is 33.2 Å². The van der Waals surface area contributed by atoms with Crippen LogP contribution in [-0.4, -0.2) is 43.3 Å². The predicted octanol–water partition coefficient (Wildman–Crippen LogP) is 3.05. The van der Waals surface area contributed by atoms with Gasteiger partial charge >= 0.3 is 0 Å². The van der Waals surface area contributed by atoms with Crippen molar-refractivity contribution in [3.8, 4) is 11.5 Å². The summed E-state index contributed by atoms with van der Waals surface area (Å²) < 4.78 is 10.8. The predicted molar refractivity (Wildman–Crippen MR) is 111 cm³/mol. The molecule has 0 aliphatic carbocycles. The molecule has 2 aromatic rings. The third kappa shape index (κ3) is 5.21. The number of rotatable bonds is 5. The Hall–Kier alpha value is -1.55. The lowest BCUT2D eigenvalue weighted by Gasteiger charge is -2.22. The lowest BCUT2D eigenvalue weighted by atomic mass is 10.2. The van der Waals surface area contributed by atoms with E-state index < -0.39 is 0 Å². The van der Waals surface area contributed by atoms with Crippen LogP contribution in [0, 0.1) is 6.92 Å². The van der Waals surface area contributed by atoms with Crippen LogP contribution in [0.15, 0.2) is 29.4 Å². The molecule has 0 fully saturated rings. The van der Waals surface area contributed by atoms with E-state index in [-0.39, 0.29) is 24.0 Å². The van der Waals surface area contributed by atoms with Crippen molar-refractivity contribution in [2.75, 3.05) is 27.4 Å². The summed E-state index contributed by atoms with van der Waals surface area (Å²) in [4.78, 5) is 12.1. The smallest absolute Gasteiger partial charge is 0.231 e. The standard InChI is InChI=1S/C17H22N4O2S.HI/c1-12-9-20-16(24-12)6-7-19-17(18-2)21(3)10-13-4-5-14-15(8-13)23-11-22-14;/h4-5,8-9H,6-7,10-11H2,1-3H3,(H,18,19);1H. The van der Waals surface area contributed by atoms with Crippen LogP contribution in [0.1, 0.15) is 15.4 Å². The number of fused-ring (bicyclic) bond motifs is 1. The fraction of sp³-hybridized carbons (Fsp3) is 0.412. The first-order valence-electron chi connectivity index (χ1n) is 7.87. The number of thiazole rings is 1. The van der Waals surface area contributed by atoms with E-state index in [1.165, 1.54) is 4.88 Å². The Morgan fingerprint density at radius 2 is 2.16 bits per heavy atom. The normalized spacial score (nSPS) is 12.7. The third-order valence-electron chi connectivity index (χ3n) is 3.72. The summed E-state index contributed by atoms with van der Waals surface area (Å²) in [6.45, 7) is 3.93. The van der Waals surface area contributed by atoms with Crippen LogP contribution in [0.25, 0.3) is 0 Å². The van der Waals surface area contributed by atoms with E-state index in [0.717, 1.165) is 47.5 Å². The summed E-state index contributed by atoms with van der Waals surface area (Å²) in [6, 6.07) is 6.02. The van der Waals surface area contributed by atoms with Crippen LogP contribution in [0.3, 0.4) is 0 Å². The number of aromatic nitrogens is 1. The summed E-state index contributed by atoms with van der Waals surface area (Å²) in [6.07, 6.45) is 2.82. The van der Waals surface area contributed by atoms with Crippen molar-refractivity contribution in [3.05, 3.63) is 39.8 Å². The van der Waals surface area contributed by atoms with Crippen molar-refractivity contribution in [2.45, 2.75) is 19.9 Å². The molecule has 0 atom stereocenters. The molecule has 1 aliphatic heterocycles. The van der Waals surface area contributed by atoms with Crippen molar-refractivity contribution >= 4 is 41.3 Å². The zero-order valence-corrected chi connectivity index (χ0v) is 17.8. The minimum atomic E-state index is 0. The summed E-state index contributed by atoms with van der Waals surface area (Å²) >= 11 is 1.74. The number of benzene rings is 1. The molecule has 1 aromatic heterocycles. The largest absolute Gasteiger partial charge is 0.454 e. The molecule has 8 heteroatoms. The molecule has 0 bridgehead atoms. The molecular weight excluding hydrogens is 451 g/mol. The first kappa shape index (κ1) is 19.8. The Labute approximate surface area is 169 Å². The van der Waals surface area contributed by atoms with Crippen molar-refractivity contribution in [2.24, 2.45) is 4.99 Å². The van der Waals surface area contributed by atoms with Crippen LogP contribution >= 0.6 is 35.3 Å². The lowest BCUT2D eigenvalue weighted by Crippen LogP contribution is -2.39. The molecule has 136 valence electrons. The molecule has 0 saturated carbocycles. The van der Waals surface area contributed by atoms with E-state index in [0.29, 0.717) is 6.79 Å². The summed E-state index contributed by atoms with van der Waals surface area (Å²) in [5.41, 5.74) is 1.15. The molecule has 0 unspecified atom stereocenters. The molecular formula is C17H23IN4O2S. The van der Waals surface area contributed by atoms with E-state index in [4.69, 9.17) is 9.47 Å². The average molecular weight is 474 g/mol. The zero-order chi connectivity index (χ0) is 16.9. The van der Waals surface area contributed by atoms with E-state index in [1.807, 2.05) is 25.4 Å². The molecule has 0 radical (unpaired) electrons. The fourth-order valence-corrected chi connectivity index (χ4v) is 3.36. The molecule has 6 nitrogen and oxygen atoms in total. The van der Waals surface area contributed by atoms with Gasteiger partial charge in [-0.05, 0) is 24.6 Å². The molecule has 1 aromatic carbocycles. The molecule has 2 heterocycles. The van der Waals surface area contributed by atoms with Crippen LogP contribution < -0.4 is 14.8 Å². The molecule has 1 aliphatic rings. The number of hydrogen-bond acceptors (Lipinski definition) is 5. The van der Waals surface area contributed by atoms with Crippen LogP contribution in [0.5, 0.6) is 11.5 Å². The van der Waals surface area contributed by atoms with Crippen molar-refractivity contribution in [3.63, 3.8) is 0 Å². The third-order valence-corrected chi connectivity index (χ3v) is 4.69. The number of guanidine groups is 1. The van der Waals surface area contributed by atoms with E-state index in [9.17, 15) is 0 Å². The topological polar surface area (TPSA) is 59.0 Å². The minimum Gasteiger partial charge on any atom is -0.454 e. The minimum absolute atomic E-state index is 0. The first-order chi connectivity index (χ1) is 11.7. The quantitative estimate of drug-likeness (QED) is 0.410. The number of aliphatic imine (C=N–C) groups is 1. The van der Waals surface area contributed by atoms with Crippen LogP contribution in [0.2, 0.25) is 0 Å². The number of nitrogens with one attached hydrogen (secondary N) is 1. The Bertz CT molecular complexity index is 735. The van der Waals surface area contributed by atoms with Crippen LogP contribution in [-0.2, 0) is 13.0 Å². The van der Waals surface area contributed by atoms with Gasteiger partial charge in [-0.2, -0.15) is 0 Å². The molecule has 25 heavy (non-hydrogen) atoms. The maximum absolute atomic E-state index is 5.43. The highest BCUT2D eigenvalue weighted by atomic mass is 127. The highest BCUT2D eigenvalue weighted by Crippen LogP contribution is 2.32. The lowest BCUT2D eigenvalue weighted by molar-refractivity contribution is 0.174. The number of aryl methyl sites for hydroxylation is 1.